The third-order valence-electron chi connectivity index (χ3n) is 5.34. The van der Waals surface area contributed by atoms with Crippen molar-refractivity contribution >= 4 is 17.7 Å². The molecular formula is C24H27N7OS. The van der Waals surface area contributed by atoms with Gasteiger partial charge in [0, 0.05) is 18.2 Å². The van der Waals surface area contributed by atoms with Crippen LogP contribution in [0.4, 0.5) is 0 Å². The number of amides is 1. The third kappa shape index (κ3) is 5.43. The van der Waals surface area contributed by atoms with E-state index in [0.717, 1.165) is 17.8 Å². The van der Waals surface area contributed by atoms with E-state index >= 15 is 0 Å². The van der Waals surface area contributed by atoms with Gasteiger partial charge in [-0.15, -0.1) is 10.2 Å². The van der Waals surface area contributed by atoms with Gasteiger partial charge in [-0.25, -0.2) is 9.36 Å². The van der Waals surface area contributed by atoms with Crippen molar-refractivity contribution in [3.05, 3.63) is 89.2 Å². The minimum Gasteiger partial charge on any atom is -0.355 e. The number of thioether (sulfide) groups is 1. The van der Waals surface area contributed by atoms with Crippen molar-refractivity contribution in [3.63, 3.8) is 0 Å². The molecule has 3 N–H and O–H groups in total. The maximum Gasteiger partial charge on any atom is 0.271 e. The number of nitrogens with zero attached hydrogens (tertiary/aromatic N) is 5. The molecular weight excluding hydrogens is 434 g/mol. The van der Waals surface area contributed by atoms with Crippen LogP contribution in [0.15, 0.2) is 71.9 Å². The van der Waals surface area contributed by atoms with Gasteiger partial charge in [-0.1, -0.05) is 72.4 Å². The SMILES string of the molecule is Cc1cc(C)n(-c2nnc(SCC(=O)NCCC(c3ccccc3)c3ccccc3)n2N)n1. The summed E-state index contributed by atoms with van der Waals surface area (Å²) < 4.78 is 3.00. The van der Waals surface area contributed by atoms with Crippen molar-refractivity contribution in [1.29, 1.82) is 0 Å². The van der Waals surface area contributed by atoms with Gasteiger partial charge in [0.2, 0.25) is 11.1 Å². The summed E-state index contributed by atoms with van der Waals surface area (Å²) in [4.78, 5) is 12.5. The fraction of sp³-hybridized carbons (Fsp3) is 0.250. The minimum absolute atomic E-state index is 0.0736. The molecule has 4 rings (SSSR count). The first-order valence-electron chi connectivity index (χ1n) is 10.8. The number of nitrogens with one attached hydrogen (secondary N) is 1. The van der Waals surface area contributed by atoms with E-state index in [1.54, 1.807) is 4.68 Å². The van der Waals surface area contributed by atoms with E-state index in [4.69, 9.17) is 5.84 Å². The van der Waals surface area contributed by atoms with Crippen molar-refractivity contribution in [2.24, 2.45) is 0 Å². The number of hydrogen-bond acceptors (Lipinski definition) is 6. The summed E-state index contributed by atoms with van der Waals surface area (Å²) >= 11 is 1.25. The van der Waals surface area contributed by atoms with Gasteiger partial charge in [-0.05, 0) is 37.5 Å². The first kappa shape index (κ1) is 22.6. The van der Waals surface area contributed by atoms with Crippen LogP contribution >= 0.6 is 11.8 Å². The molecule has 2 heterocycles. The van der Waals surface area contributed by atoms with Crippen LogP contribution in [0.5, 0.6) is 0 Å². The zero-order valence-corrected chi connectivity index (χ0v) is 19.5. The lowest BCUT2D eigenvalue weighted by atomic mass is 9.88. The second-order valence-electron chi connectivity index (χ2n) is 7.79. The summed E-state index contributed by atoms with van der Waals surface area (Å²) in [5.74, 6) is 6.91. The molecule has 0 saturated heterocycles. The molecule has 4 aromatic rings. The lowest BCUT2D eigenvalue weighted by Crippen LogP contribution is -2.27. The second kappa shape index (κ2) is 10.4. The molecule has 0 saturated carbocycles. The molecule has 9 heteroatoms. The van der Waals surface area contributed by atoms with Gasteiger partial charge in [-0.2, -0.15) is 5.10 Å². The van der Waals surface area contributed by atoms with Gasteiger partial charge in [0.1, 0.15) is 0 Å². The highest BCUT2D eigenvalue weighted by molar-refractivity contribution is 7.99. The minimum atomic E-state index is -0.0736. The number of aryl methyl sites for hydroxylation is 2. The Morgan fingerprint density at radius 2 is 1.67 bits per heavy atom. The van der Waals surface area contributed by atoms with E-state index in [-0.39, 0.29) is 17.6 Å². The fourth-order valence-electron chi connectivity index (χ4n) is 3.78. The molecule has 170 valence electrons. The average Bonchev–Trinajstić information content (AvgIpc) is 3.36. The van der Waals surface area contributed by atoms with Crippen LogP contribution in [-0.4, -0.2) is 42.9 Å². The van der Waals surface area contributed by atoms with Crippen LogP contribution in [0, 0.1) is 13.8 Å². The molecule has 2 aromatic carbocycles. The summed E-state index contributed by atoms with van der Waals surface area (Å²) in [6.45, 7) is 4.40. The normalized spacial score (nSPS) is 11.1. The lowest BCUT2D eigenvalue weighted by Gasteiger charge is -2.18. The number of carbonyl (C=O) groups excluding carboxylic acids is 1. The molecule has 1 amide bonds. The maximum atomic E-state index is 12.5. The smallest absolute Gasteiger partial charge is 0.271 e. The summed E-state index contributed by atoms with van der Waals surface area (Å²) in [7, 11) is 0. The zero-order chi connectivity index (χ0) is 23.2. The fourth-order valence-corrected chi connectivity index (χ4v) is 4.46. The van der Waals surface area contributed by atoms with Crippen LogP contribution in [0.3, 0.4) is 0 Å². The van der Waals surface area contributed by atoms with Crippen LogP contribution in [0.2, 0.25) is 0 Å². The zero-order valence-electron chi connectivity index (χ0n) is 18.7. The molecule has 0 radical (unpaired) electrons. The molecule has 0 fully saturated rings. The van der Waals surface area contributed by atoms with Gasteiger partial charge in [0.25, 0.3) is 5.95 Å². The topological polar surface area (TPSA) is 104 Å². The number of carbonyl (C=O) groups is 1. The number of nitrogen functional groups attached to an aromatic ring is 1. The summed E-state index contributed by atoms with van der Waals surface area (Å²) in [6.07, 6.45) is 0.805. The predicted octanol–water partition coefficient (Wildman–Crippen LogP) is 3.22. The molecule has 0 unspecified atom stereocenters. The van der Waals surface area contributed by atoms with Crippen molar-refractivity contribution in [1.82, 2.24) is 30.0 Å². The molecule has 0 aliphatic rings. The maximum absolute atomic E-state index is 12.5. The Morgan fingerprint density at radius 1 is 1.03 bits per heavy atom. The van der Waals surface area contributed by atoms with Crippen LogP contribution in [0.25, 0.3) is 5.95 Å². The number of hydrogen-bond donors (Lipinski definition) is 2. The van der Waals surface area contributed by atoms with Gasteiger partial charge < -0.3 is 11.2 Å². The van der Waals surface area contributed by atoms with Gasteiger partial charge in [-0.3, -0.25) is 4.79 Å². The van der Waals surface area contributed by atoms with E-state index in [1.165, 1.54) is 27.6 Å². The van der Waals surface area contributed by atoms with Gasteiger partial charge in [0.15, 0.2) is 0 Å². The molecule has 0 atom stereocenters. The highest BCUT2D eigenvalue weighted by Crippen LogP contribution is 2.27. The van der Waals surface area contributed by atoms with Crippen LogP contribution in [0.1, 0.15) is 34.9 Å². The number of nitrogens with two attached hydrogens (primary N) is 1. The standard InChI is InChI=1S/C24H27N7OS/c1-17-15-18(2)31(29-17)23-27-28-24(30(23)25)33-16-22(32)26-14-13-21(19-9-5-3-6-10-19)20-11-7-4-8-12-20/h3-12,15,21H,13-14,16,25H2,1-2H3,(H,26,32). The van der Waals surface area contributed by atoms with E-state index in [2.05, 4.69) is 44.9 Å². The van der Waals surface area contributed by atoms with Crippen molar-refractivity contribution < 1.29 is 4.79 Å². The first-order valence-corrected chi connectivity index (χ1v) is 11.7. The molecule has 0 spiro atoms. The van der Waals surface area contributed by atoms with E-state index < -0.39 is 0 Å². The predicted molar refractivity (Wildman–Crippen MR) is 130 cm³/mol. The average molecular weight is 462 g/mol. The van der Waals surface area contributed by atoms with Crippen LogP contribution < -0.4 is 11.2 Å². The molecule has 0 aliphatic carbocycles. The number of rotatable bonds is 9. The summed E-state index contributed by atoms with van der Waals surface area (Å²) in [5, 5.41) is 16.1. The molecule has 0 aliphatic heterocycles. The van der Waals surface area contributed by atoms with Gasteiger partial charge >= 0.3 is 0 Å². The Bertz CT molecular complexity index is 1160. The van der Waals surface area contributed by atoms with E-state index in [9.17, 15) is 4.79 Å². The van der Waals surface area contributed by atoms with E-state index in [1.807, 2.05) is 56.3 Å². The first-order chi connectivity index (χ1) is 16.0. The lowest BCUT2D eigenvalue weighted by molar-refractivity contribution is -0.118. The largest absolute Gasteiger partial charge is 0.355 e. The highest BCUT2D eigenvalue weighted by Gasteiger charge is 2.17. The summed E-state index contributed by atoms with van der Waals surface area (Å²) in [6, 6.07) is 22.7. The Morgan fingerprint density at radius 3 is 2.24 bits per heavy atom. The number of benzene rings is 2. The Balaban J connectivity index is 1.33. The van der Waals surface area contributed by atoms with Crippen molar-refractivity contribution in [2.45, 2.75) is 31.3 Å². The van der Waals surface area contributed by atoms with Gasteiger partial charge in [0.05, 0.1) is 11.4 Å². The van der Waals surface area contributed by atoms with Crippen molar-refractivity contribution in [3.8, 4) is 5.95 Å². The highest BCUT2D eigenvalue weighted by atomic mass is 32.2. The Hall–Kier alpha value is -3.59. The third-order valence-corrected chi connectivity index (χ3v) is 6.28. The molecule has 2 aromatic heterocycles. The summed E-state index contributed by atoms with van der Waals surface area (Å²) in [5.41, 5.74) is 4.25. The molecule has 0 bridgehead atoms. The Labute approximate surface area is 197 Å². The number of aromatic nitrogens is 5. The Kier molecular flexibility index (Phi) is 7.09. The second-order valence-corrected chi connectivity index (χ2v) is 8.74. The quantitative estimate of drug-likeness (QED) is 0.293. The molecule has 8 nitrogen and oxygen atoms in total. The van der Waals surface area contributed by atoms with Crippen molar-refractivity contribution in [2.75, 3.05) is 18.1 Å². The van der Waals surface area contributed by atoms with E-state index in [0.29, 0.717) is 17.6 Å². The molecule has 33 heavy (non-hydrogen) atoms. The van der Waals surface area contributed by atoms with Crippen LogP contribution in [-0.2, 0) is 4.79 Å². The monoisotopic (exact) mass is 461 g/mol.